The van der Waals surface area contributed by atoms with Gasteiger partial charge in [0.2, 0.25) is 11.5 Å². The molecule has 1 unspecified atom stereocenters. The Labute approximate surface area is 111 Å². The second kappa shape index (κ2) is 6.81. The van der Waals surface area contributed by atoms with Gasteiger partial charge in [0.05, 0.1) is 6.61 Å². The molecular formula is C15H26O3. The molecule has 0 bridgehead atoms. The lowest BCUT2D eigenvalue weighted by Gasteiger charge is -2.26. The lowest BCUT2D eigenvalue weighted by molar-refractivity contribution is -0.134. The molecule has 0 amide bonds. The summed E-state index contributed by atoms with van der Waals surface area (Å²) in [6.07, 6.45) is 5.62. The van der Waals surface area contributed by atoms with Crippen LogP contribution in [0.15, 0.2) is 11.5 Å². The van der Waals surface area contributed by atoms with Crippen LogP contribution >= 0.6 is 0 Å². The number of Topliss-reactive ketones (excluding diaryl/α,β-unsaturated/α-hetero) is 1. The van der Waals surface area contributed by atoms with E-state index >= 15 is 0 Å². The third-order valence-electron chi connectivity index (χ3n) is 3.54. The van der Waals surface area contributed by atoms with Crippen molar-refractivity contribution >= 4 is 5.78 Å². The van der Waals surface area contributed by atoms with E-state index in [2.05, 4.69) is 13.8 Å². The minimum atomic E-state index is -0.651. The minimum absolute atomic E-state index is 0.0482. The van der Waals surface area contributed by atoms with E-state index in [9.17, 15) is 4.79 Å². The average Bonchev–Trinajstić information content (AvgIpc) is 2.61. The first kappa shape index (κ1) is 15.1. The fourth-order valence-corrected chi connectivity index (χ4v) is 2.27. The standard InChI is InChI=1S/C15H26O3/c1-5-8-10-15(7-3)14(16)13(12(4)18-15)17-11-9-6-2/h5-11H2,1-4H3. The fourth-order valence-electron chi connectivity index (χ4n) is 2.27. The molecule has 0 aliphatic carbocycles. The van der Waals surface area contributed by atoms with Crippen molar-refractivity contribution in [2.24, 2.45) is 0 Å². The number of hydrogen-bond acceptors (Lipinski definition) is 3. The first-order chi connectivity index (χ1) is 8.61. The van der Waals surface area contributed by atoms with Crippen LogP contribution in [0.3, 0.4) is 0 Å². The summed E-state index contributed by atoms with van der Waals surface area (Å²) < 4.78 is 11.5. The molecule has 1 atom stereocenters. The average molecular weight is 254 g/mol. The Morgan fingerprint density at radius 3 is 2.39 bits per heavy atom. The van der Waals surface area contributed by atoms with E-state index in [1.54, 1.807) is 0 Å². The number of carbonyl (C=O) groups is 1. The highest BCUT2D eigenvalue weighted by molar-refractivity contribution is 6.02. The van der Waals surface area contributed by atoms with Gasteiger partial charge in [-0.3, -0.25) is 4.79 Å². The fraction of sp³-hybridized carbons (Fsp3) is 0.800. The highest BCUT2D eigenvalue weighted by Crippen LogP contribution is 2.37. The smallest absolute Gasteiger partial charge is 0.244 e. The molecule has 0 aromatic carbocycles. The van der Waals surface area contributed by atoms with Gasteiger partial charge in [0.25, 0.3) is 0 Å². The van der Waals surface area contributed by atoms with Gasteiger partial charge in [-0.15, -0.1) is 0 Å². The summed E-state index contributed by atoms with van der Waals surface area (Å²) in [7, 11) is 0. The van der Waals surface area contributed by atoms with Crippen molar-refractivity contribution < 1.29 is 14.3 Å². The van der Waals surface area contributed by atoms with Crippen LogP contribution in [0, 0.1) is 0 Å². The largest absolute Gasteiger partial charge is 0.487 e. The summed E-state index contributed by atoms with van der Waals surface area (Å²) in [5.74, 6) is 1.17. The van der Waals surface area contributed by atoms with E-state index in [1.807, 2.05) is 13.8 Å². The van der Waals surface area contributed by atoms with Gasteiger partial charge >= 0.3 is 0 Å². The van der Waals surface area contributed by atoms with Gasteiger partial charge in [0.1, 0.15) is 5.76 Å². The van der Waals surface area contributed by atoms with Crippen molar-refractivity contribution in [3.8, 4) is 0 Å². The number of allylic oxidation sites excluding steroid dienone is 1. The summed E-state index contributed by atoms with van der Waals surface area (Å²) in [5.41, 5.74) is -0.651. The number of unbranched alkanes of at least 4 members (excludes halogenated alkanes) is 2. The number of ketones is 1. The van der Waals surface area contributed by atoms with E-state index in [0.29, 0.717) is 24.5 Å². The number of rotatable bonds is 8. The molecule has 1 rings (SSSR count). The molecule has 3 nitrogen and oxygen atoms in total. The number of hydrogen-bond donors (Lipinski definition) is 0. The van der Waals surface area contributed by atoms with Crippen molar-refractivity contribution in [3.05, 3.63) is 11.5 Å². The highest BCUT2D eigenvalue weighted by Gasteiger charge is 2.47. The van der Waals surface area contributed by atoms with E-state index in [1.165, 1.54) is 0 Å². The number of carbonyl (C=O) groups excluding carboxylic acids is 1. The molecule has 1 heterocycles. The molecule has 3 heteroatoms. The maximum Gasteiger partial charge on any atom is 0.244 e. The van der Waals surface area contributed by atoms with Crippen LogP contribution in [-0.4, -0.2) is 18.0 Å². The Hall–Kier alpha value is -0.990. The third kappa shape index (κ3) is 3.06. The zero-order valence-corrected chi connectivity index (χ0v) is 12.2. The molecule has 18 heavy (non-hydrogen) atoms. The molecular weight excluding hydrogens is 228 g/mol. The summed E-state index contributed by atoms with van der Waals surface area (Å²) in [6, 6.07) is 0. The van der Waals surface area contributed by atoms with E-state index < -0.39 is 5.60 Å². The summed E-state index contributed by atoms with van der Waals surface area (Å²) in [5, 5.41) is 0. The lowest BCUT2D eigenvalue weighted by atomic mass is 9.89. The first-order valence-corrected chi connectivity index (χ1v) is 7.18. The molecule has 0 saturated heterocycles. The molecule has 0 radical (unpaired) electrons. The Balaban J connectivity index is 2.70. The van der Waals surface area contributed by atoms with Crippen LogP contribution in [0.2, 0.25) is 0 Å². The van der Waals surface area contributed by atoms with E-state index in [0.717, 1.165) is 32.1 Å². The Kier molecular flexibility index (Phi) is 5.70. The van der Waals surface area contributed by atoms with Crippen LogP contribution in [0.4, 0.5) is 0 Å². The van der Waals surface area contributed by atoms with Gasteiger partial charge in [-0.05, 0) is 32.6 Å². The van der Waals surface area contributed by atoms with Crippen LogP contribution in [0.25, 0.3) is 0 Å². The van der Waals surface area contributed by atoms with Crippen LogP contribution in [0.1, 0.15) is 66.2 Å². The van der Waals surface area contributed by atoms with Gasteiger partial charge < -0.3 is 9.47 Å². The zero-order chi connectivity index (χ0) is 13.6. The molecule has 0 aromatic rings. The molecule has 104 valence electrons. The Morgan fingerprint density at radius 2 is 1.83 bits per heavy atom. The summed E-state index contributed by atoms with van der Waals surface area (Å²) in [6.45, 7) is 8.68. The Bertz CT molecular complexity index is 320. The summed E-state index contributed by atoms with van der Waals surface area (Å²) in [4.78, 5) is 12.5. The maximum atomic E-state index is 12.5. The molecule has 0 N–H and O–H groups in total. The lowest BCUT2D eigenvalue weighted by Crippen LogP contribution is -2.37. The van der Waals surface area contributed by atoms with Gasteiger partial charge in [-0.2, -0.15) is 0 Å². The quantitative estimate of drug-likeness (QED) is 0.615. The summed E-state index contributed by atoms with van der Waals surface area (Å²) >= 11 is 0. The molecule has 0 saturated carbocycles. The third-order valence-corrected chi connectivity index (χ3v) is 3.54. The van der Waals surface area contributed by atoms with E-state index in [-0.39, 0.29) is 5.78 Å². The second-order valence-electron chi connectivity index (χ2n) is 4.97. The maximum absolute atomic E-state index is 12.5. The topological polar surface area (TPSA) is 35.5 Å². The van der Waals surface area contributed by atoms with Gasteiger partial charge in [0, 0.05) is 0 Å². The van der Waals surface area contributed by atoms with Crippen molar-refractivity contribution in [1.82, 2.24) is 0 Å². The monoisotopic (exact) mass is 254 g/mol. The van der Waals surface area contributed by atoms with Gasteiger partial charge in [-0.1, -0.05) is 33.6 Å². The molecule has 0 fully saturated rings. The molecule has 1 aliphatic heterocycles. The molecule has 0 aromatic heterocycles. The van der Waals surface area contributed by atoms with Gasteiger partial charge in [-0.25, -0.2) is 0 Å². The second-order valence-corrected chi connectivity index (χ2v) is 4.97. The van der Waals surface area contributed by atoms with Crippen LogP contribution in [-0.2, 0) is 14.3 Å². The van der Waals surface area contributed by atoms with E-state index in [4.69, 9.17) is 9.47 Å². The number of ether oxygens (including phenoxy) is 2. The van der Waals surface area contributed by atoms with Gasteiger partial charge in [0.15, 0.2) is 5.60 Å². The predicted octanol–water partition coefficient (Wildman–Crippen LogP) is 3.97. The van der Waals surface area contributed by atoms with Crippen LogP contribution < -0.4 is 0 Å². The minimum Gasteiger partial charge on any atom is -0.487 e. The SMILES string of the molecule is CCCCOC1=C(C)OC(CC)(CCCC)C1=O. The highest BCUT2D eigenvalue weighted by atomic mass is 16.6. The molecule has 1 aliphatic rings. The van der Waals surface area contributed by atoms with Crippen molar-refractivity contribution in [2.45, 2.75) is 71.8 Å². The zero-order valence-electron chi connectivity index (χ0n) is 12.2. The first-order valence-electron chi connectivity index (χ1n) is 7.18. The van der Waals surface area contributed by atoms with Crippen molar-refractivity contribution in [2.75, 3.05) is 6.61 Å². The molecule has 0 spiro atoms. The van der Waals surface area contributed by atoms with Crippen molar-refractivity contribution in [3.63, 3.8) is 0 Å². The normalized spacial score (nSPS) is 23.4. The predicted molar refractivity (Wildman–Crippen MR) is 72.2 cm³/mol. The van der Waals surface area contributed by atoms with Crippen molar-refractivity contribution in [1.29, 1.82) is 0 Å². The Morgan fingerprint density at radius 1 is 1.17 bits per heavy atom. The van der Waals surface area contributed by atoms with Crippen LogP contribution in [0.5, 0.6) is 0 Å².